The first-order valence-electron chi connectivity index (χ1n) is 8.13. The highest BCUT2D eigenvalue weighted by atomic mass is 35.5. The number of nitrogens with zero attached hydrogens (tertiary/aromatic N) is 2. The average molecular weight is 310 g/mol. The summed E-state index contributed by atoms with van der Waals surface area (Å²) in [6.45, 7) is 13.1. The molecule has 0 aliphatic carbocycles. The van der Waals surface area contributed by atoms with Crippen molar-refractivity contribution in [3.05, 3.63) is 28.8 Å². The molecule has 1 saturated heterocycles. The summed E-state index contributed by atoms with van der Waals surface area (Å²) in [5.74, 6) is 0. The maximum Gasteiger partial charge on any atom is 0.0413 e. The Labute approximate surface area is 134 Å². The van der Waals surface area contributed by atoms with Crippen LogP contribution >= 0.6 is 11.6 Å². The first-order valence-corrected chi connectivity index (χ1v) is 8.51. The third-order valence-electron chi connectivity index (χ3n) is 4.48. The van der Waals surface area contributed by atoms with Gasteiger partial charge in [-0.15, -0.1) is 0 Å². The molecule has 1 atom stereocenters. The fraction of sp³-hybridized carbons (Fsp3) is 0.647. The quantitative estimate of drug-likeness (QED) is 0.869. The van der Waals surface area contributed by atoms with Crippen molar-refractivity contribution < 1.29 is 0 Å². The van der Waals surface area contributed by atoms with E-state index in [9.17, 15) is 0 Å². The lowest BCUT2D eigenvalue weighted by Gasteiger charge is -2.39. The molecule has 0 saturated carbocycles. The second-order valence-electron chi connectivity index (χ2n) is 5.83. The summed E-state index contributed by atoms with van der Waals surface area (Å²) in [5, 5.41) is 4.24. The summed E-state index contributed by atoms with van der Waals surface area (Å²) < 4.78 is 0. The zero-order valence-corrected chi connectivity index (χ0v) is 14.3. The molecule has 0 aromatic heterocycles. The van der Waals surface area contributed by atoms with Gasteiger partial charge in [-0.1, -0.05) is 25.4 Å². The molecule has 0 radical (unpaired) electrons. The lowest BCUT2D eigenvalue weighted by atomic mass is 10.1. The topological polar surface area (TPSA) is 18.5 Å². The lowest BCUT2D eigenvalue weighted by molar-refractivity contribution is 0.192. The Kier molecular flexibility index (Phi) is 6.34. The van der Waals surface area contributed by atoms with Crippen LogP contribution in [0.4, 0.5) is 5.69 Å². The molecule has 1 aromatic rings. The van der Waals surface area contributed by atoms with Gasteiger partial charge in [-0.2, -0.15) is 0 Å². The van der Waals surface area contributed by atoms with Gasteiger partial charge in [0.1, 0.15) is 0 Å². The van der Waals surface area contributed by atoms with Crippen molar-refractivity contribution in [3.63, 3.8) is 0 Å². The molecular formula is C17H28ClN3. The molecule has 118 valence electrons. The second kappa shape index (κ2) is 8.02. The Hall–Kier alpha value is -0.770. The van der Waals surface area contributed by atoms with Crippen LogP contribution in [0.15, 0.2) is 18.2 Å². The summed E-state index contributed by atoms with van der Waals surface area (Å²) in [4.78, 5) is 5.10. The summed E-state index contributed by atoms with van der Waals surface area (Å²) in [6.07, 6.45) is 1.23. The maximum atomic E-state index is 6.16. The molecule has 1 aliphatic rings. The van der Waals surface area contributed by atoms with Crippen molar-refractivity contribution in [3.8, 4) is 0 Å². The molecule has 0 amide bonds. The average Bonchev–Trinajstić information content (AvgIpc) is 2.52. The van der Waals surface area contributed by atoms with Crippen LogP contribution in [0.1, 0.15) is 32.8 Å². The predicted octanol–water partition coefficient (Wildman–Crippen LogP) is 3.37. The van der Waals surface area contributed by atoms with Crippen LogP contribution in [0.25, 0.3) is 0 Å². The van der Waals surface area contributed by atoms with Crippen LogP contribution in [0, 0.1) is 0 Å². The molecule has 0 spiro atoms. The summed E-state index contributed by atoms with van der Waals surface area (Å²) in [5.41, 5.74) is 2.64. The van der Waals surface area contributed by atoms with Crippen molar-refractivity contribution in [1.29, 1.82) is 0 Å². The first kappa shape index (κ1) is 16.6. The van der Waals surface area contributed by atoms with E-state index in [2.05, 4.69) is 48.0 Å². The molecule has 21 heavy (non-hydrogen) atoms. The van der Waals surface area contributed by atoms with Crippen LogP contribution in [0.5, 0.6) is 0 Å². The zero-order valence-electron chi connectivity index (χ0n) is 13.5. The number of anilines is 1. The third kappa shape index (κ3) is 4.35. The number of piperazine rings is 1. The second-order valence-corrected chi connectivity index (χ2v) is 6.27. The Morgan fingerprint density at radius 1 is 1.19 bits per heavy atom. The van der Waals surface area contributed by atoms with E-state index in [1.165, 1.54) is 17.7 Å². The van der Waals surface area contributed by atoms with Crippen molar-refractivity contribution in [2.24, 2.45) is 0 Å². The molecule has 1 aromatic carbocycles. The van der Waals surface area contributed by atoms with Gasteiger partial charge in [-0.25, -0.2) is 0 Å². The number of hydrogen-bond donors (Lipinski definition) is 1. The van der Waals surface area contributed by atoms with E-state index in [-0.39, 0.29) is 0 Å². The van der Waals surface area contributed by atoms with Crippen LogP contribution < -0.4 is 10.2 Å². The monoisotopic (exact) mass is 309 g/mol. The van der Waals surface area contributed by atoms with Crippen molar-refractivity contribution >= 4 is 17.3 Å². The van der Waals surface area contributed by atoms with Gasteiger partial charge in [0.05, 0.1) is 0 Å². The Morgan fingerprint density at radius 3 is 2.52 bits per heavy atom. The molecule has 2 rings (SSSR count). The molecule has 1 unspecified atom stereocenters. The first-order chi connectivity index (χ1) is 10.2. The molecular weight excluding hydrogens is 282 g/mol. The Bertz CT molecular complexity index is 442. The van der Waals surface area contributed by atoms with Gasteiger partial charge in [0, 0.05) is 49.5 Å². The van der Waals surface area contributed by atoms with E-state index >= 15 is 0 Å². The van der Waals surface area contributed by atoms with Crippen molar-refractivity contribution in [2.45, 2.75) is 39.8 Å². The maximum absolute atomic E-state index is 6.16. The van der Waals surface area contributed by atoms with Gasteiger partial charge in [-0.3, -0.25) is 4.90 Å². The fourth-order valence-corrected chi connectivity index (χ4v) is 3.12. The van der Waals surface area contributed by atoms with E-state index in [1.807, 2.05) is 6.07 Å². The number of hydrogen-bond acceptors (Lipinski definition) is 3. The SMILES string of the molecule is CCNCc1cc(Cl)ccc1N1CCN(C(C)CC)CC1. The van der Waals surface area contributed by atoms with Gasteiger partial charge < -0.3 is 10.2 Å². The van der Waals surface area contributed by atoms with Gasteiger partial charge in [0.2, 0.25) is 0 Å². The van der Waals surface area contributed by atoms with Crippen LogP contribution in [-0.4, -0.2) is 43.7 Å². The van der Waals surface area contributed by atoms with Crippen LogP contribution in [0.3, 0.4) is 0 Å². The number of halogens is 1. The summed E-state index contributed by atoms with van der Waals surface area (Å²) >= 11 is 6.16. The highest BCUT2D eigenvalue weighted by molar-refractivity contribution is 6.30. The van der Waals surface area contributed by atoms with Crippen LogP contribution in [-0.2, 0) is 6.54 Å². The summed E-state index contributed by atoms with van der Waals surface area (Å²) in [7, 11) is 0. The lowest BCUT2D eigenvalue weighted by Crippen LogP contribution is -2.49. The van der Waals surface area contributed by atoms with Gasteiger partial charge in [0.15, 0.2) is 0 Å². The largest absolute Gasteiger partial charge is 0.369 e. The van der Waals surface area contributed by atoms with Crippen molar-refractivity contribution in [2.75, 3.05) is 37.6 Å². The number of nitrogens with one attached hydrogen (secondary N) is 1. The van der Waals surface area contributed by atoms with E-state index in [4.69, 9.17) is 11.6 Å². The zero-order chi connectivity index (χ0) is 15.2. The Balaban J connectivity index is 2.05. The molecule has 0 bridgehead atoms. The third-order valence-corrected chi connectivity index (χ3v) is 4.71. The van der Waals surface area contributed by atoms with Crippen LogP contribution in [0.2, 0.25) is 5.02 Å². The minimum absolute atomic E-state index is 0.693. The number of benzene rings is 1. The van der Waals surface area contributed by atoms with E-state index in [0.29, 0.717) is 6.04 Å². The smallest absolute Gasteiger partial charge is 0.0413 e. The van der Waals surface area contributed by atoms with Gasteiger partial charge in [-0.05, 0) is 43.7 Å². The minimum Gasteiger partial charge on any atom is -0.369 e. The van der Waals surface area contributed by atoms with Gasteiger partial charge >= 0.3 is 0 Å². The molecule has 1 N–H and O–H groups in total. The predicted molar refractivity (Wildman–Crippen MR) is 92.4 cm³/mol. The van der Waals surface area contributed by atoms with Crippen molar-refractivity contribution in [1.82, 2.24) is 10.2 Å². The van der Waals surface area contributed by atoms with Gasteiger partial charge in [0.25, 0.3) is 0 Å². The molecule has 4 heteroatoms. The standard InChI is InChI=1S/C17H28ClN3/c1-4-14(3)20-8-10-21(11-9-20)17-7-6-16(18)12-15(17)13-19-5-2/h6-7,12,14,19H,4-5,8-11,13H2,1-3H3. The summed E-state index contributed by atoms with van der Waals surface area (Å²) in [6, 6.07) is 6.97. The van der Waals surface area contributed by atoms with E-state index in [0.717, 1.165) is 44.3 Å². The normalized spacial score (nSPS) is 18.0. The Morgan fingerprint density at radius 2 is 1.90 bits per heavy atom. The number of rotatable bonds is 6. The minimum atomic E-state index is 0.693. The molecule has 3 nitrogen and oxygen atoms in total. The van der Waals surface area contributed by atoms with E-state index < -0.39 is 0 Å². The highest BCUT2D eigenvalue weighted by Crippen LogP contribution is 2.26. The fourth-order valence-electron chi connectivity index (χ4n) is 2.93. The van der Waals surface area contributed by atoms with E-state index in [1.54, 1.807) is 0 Å². The highest BCUT2D eigenvalue weighted by Gasteiger charge is 2.21. The molecule has 1 aliphatic heterocycles. The molecule has 1 heterocycles. The molecule has 1 fully saturated rings.